The molecular formula is C12H17ClN2O. The zero-order valence-corrected chi connectivity index (χ0v) is 10.4. The minimum atomic E-state index is 0.245. The average molecular weight is 241 g/mol. The van der Waals surface area contributed by atoms with Gasteiger partial charge < -0.3 is 4.74 Å². The van der Waals surface area contributed by atoms with Gasteiger partial charge in [0.2, 0.25) is 11.2 Å². The van der Waals surface area contributed by atoms with E-state index < -0.39 is 0 Å². The molecule has 88 valence electrons. The molecule has 2 rings (SSSR count). The fourth-order valence-electron chi connectivity index (χ4n) is 2.16. The standard InChI is InChI=1S/C12H17ClN2O/c1-8-3-4-10(7-9(8)2)16-11-5-6-14-12(13)15-11/h5-6,8-10H,3-4,7H2,1-2H3. The summed E-state index contributed by atoms with van der Waals surface area (Å²) in [6, 6.07) is 1.76. The van der Waals surface area contributed by atoms with E-state index in [4.69, 9.17) is 16.3 Å². The minimum Gasteiger partial charge on any atom is -0.474 e. The zero-order valence-electron chi connectivity index (χ0n) is 9.69. The number of hydrogen-bond acceptors (Lipinski definition) is 3. The van der Waals surface area contributed by atoms with Crippen LogP contribution >= 0.6 is 11.6 Å². The van der Waals surface area contributed by atoms with Crippen molar-refractivity contribution in [2.75, 3.05) is 0 Å². The van der Waals surface area contributed by atoms with Crippen molar-refractivity contribution in [3.63, 3.8) is 0 Å². The molecule has 3 nitrogen and oxygen atoms in total. The fraction of sp³-hybridized carbons (Fsp3) is 0.667. The number of rotatable bonds is 2. The van der Waals surface area contributed by atoms with E-state index in [-0.39, 0.29) is 11.4 Å². The maximum absolute atomic E-state index is 5.82. The van der Waals surface area contributed by atoms with Gasteiger partial charge in [-0.2, -0.15) is 4.98 Å². The summed E-state index contributed by atoms with van der Waals surface area (Å²) in [5, 5.41) is 0.245. The third-order valence-corrected chi connectivity index (χ3v) is 3.62. The normalized spacial score (nSPS) is 30.1. The van der Waals surface area contributed by atoms with E-state index >= 15 is 0 Å². The molecule has 1 fully saturated rings. The molecule has 1 aromatic heterocycles. The SMILES string of the molecule is CC1CCC(Oc2ccnc(Cl)n2)CC1C. The Morgan fingerprint density at radius 3 is 2.81 bits per heavy atom. The van der Waals surface area contributed by atoms with Gasteiger partial charge in [0.05, 0.1) is 0 Å². The van der Waals surface area contributed by atoms with Crippen molar-refractivity contribution < 1.29 is 4.74 Å². The highest BCUT2D eigenvalue weighted by molar-refractivity contribution is 6.28. The smallest absolute Gasteiger partial charge is 0.225 e. The van der Waals surface area contributed by atoms with Gasteiger partial charge in [-0.1, -0.05) is 13.8 Å². The van der Waals surface area contributed by atoms with Crippen molar-refractivity contribution in [3.8, 4) is 5.88 Å². The third-order valence-electron chi connectivity index (χ3n) is 3.44. The first-order valence-electron chi connectivity index (χ1n) is 5.80. The lowest BCUT2D eigenvalue weighted by atomic mass is 9.80. The summed E-state index contributed by atoms with van der Waals surface area (Å²) in [6.07, 6.45) is 5.33. The summed E-state index contributed by atoms with van der Waals surface area (Å²) in [5.74, 6) is 2.11. The largest absolute Gasteiger partial charge is 0.474 e. The first-order chi connectivity index (χ1) is 7.65. The second kappa shape index (κ2) is 5.00. The fourth-order valence-corrected chi connectivity index (χ4v) is 2.30. The maximum atomic E-state index is 5.82. The van der Waals surface area contributed by atoms with Gasteiger partial charge in [0.15, 0.2) is 0 Å². The van der Waals surface area contributed by atoms with Crippen molar-refractivity contribution in [1.82, 2.24) is 9.97 Å². The maximum Gasteiger partial charge on any atom is 0.225 e. The summed E-state index contributed by atoms with van der Waals surface area (Å²) >= 11 is 5.71. The lowest BCUT2D eigenvalue weighted by molar-refractivity contribution is 0.0963. The van der Waals surface area contributed by atoms with Gasteiger partial charge in [0, 0.05) is 12.3 Å². The second-order valence-corrected chi connectivity index (χ2v) is 5.01. The van der Waals surface area contributed by atoms with Crippen LogP contribution in [0.1, 0.15) is 33.1 Å². The first-order valence-corrected chi connectivity index (χ1v) is 6.18. The summed E-state index contributed by atoms with van der Waals surface area (Å²) in [5.41, 5.74) is 0. The molecule has 1 heterocycles. The Bertz CT molecular complexity index is 359. The predicted molar refractivity (Wildman–Crippen MR) is 63.6 cm³/mol. The third kappa shape index (κ3) is 2.85. The average Bonchev–Trinajstić information content (AvgIpc) is 2.24. The molecular weight excluding hydrogens is 224 g/mol. The van der Waals surface area contributed by atoms with Gasteiger partial charge in [0.25, 0.3) is 0 Å². The monoisotopic (exact) mass is 240 g/mol. The molecule has 0 amide bonds. The van der Waals surface area contributed by atoms with Crippen molar-refractivity contribution >= 4 is 11.6 Å². The Morgan fingerprint density at radius 2 is 2.12 bits per heavy atom. The van der Waals surface area contributed by atoms with Crippen molar-refractivity contribution in [2.45, 2.75) is 39.2 Å². The van der Waals surface area contributed by atoms with Crippen LogP contribution in [0.4, 0.5) is 0 Å². The Balaban J connectivity index is 1.95. The molecule has 3 unspecified atom stereocenters. The lowest BCUT2D eigenvalue weighted by Gasteiger charge is -2.31. The van der Waals surface area contributed by atoms with E-state index in [1.165, 1.54) is 6.42 Å². The van der Waals surface area contributed by atoms with E-state index in [1.807, 2.05) is 0 Å². The highest BCUT2D eigenvalue weighted by Crippen LogP contribution is 2.31. The molecule has 0 spiro atoms. The van der Waals surface area contributed by atoms with E-state index in [9.17, 15) is 0 Å². The summed E-state index contributed by atoms with van der Waals surface area (Å²) < 4.78 is 5.82. The molecule has 0 aliphatic heterocycles. The molecule has 1 saturated carbocycles. The molecule has 4 heteroatoms. The molecule has 16 heavy (non-hydrogen) atoms. The molecule has 1 aliphatic rings. The zero-order chi connectivity index (χ0) is 11.5. The molecule has 3 atom stereocenters. The summed E-state index contributed by atoms with van der Waals surface area (Å²) in [6.45, 7) is 4.59. The molecule has 1 aromatic rings. The highest BCUT2D eigenvalue weighted by Gasteiger charge is 2.25. The van der Waals surface area contributed by atoms with E-state index in [0.717, 1.165) is 24.7 Å². The van der Waals surface area contributed by atoms with Crippen LogP contribution in [0.15, 0.2) is 12.3 Å². The van der Waals surface area contributed by atoms with Crippen LogP contribution in [0, 0.1) is 11.8 Å². The van der Waals surface area contributed by atoms with E-state index in [2.05, 4.69) is 23.8 Å². The van der Waals surface area contributed by atoms with Crippen LogP contribution in [-0.2, 0) is 0 Å². The van der Waals surface area contributed by atoms with E-state index in [1.54, 1.807) is 12.3 Å². The quantitative estimate of drug-likeness (QED) is 0.744. The second-order valence-electron chi connectivity index (χ2n) is 4.67. The Labute approximate surface area is 101 Å². The van der Waals surface area contributed by atoms with Crippen molar-refractivity contribution in [1.29, 1.82) is 0 Å². The molecule has 0 saturated heterocycles. The van der Waals surface area contributed by atoms with Crippen LogP contribution in [-0.4, -0.2) is 16.1 Å². The lowest BCUT2D eigenvalue weighted by Crippen LogP contribution is -2.29. The summed E-state index contributed by atoms with van der Waals surface area (Å²) in [4.78, 5) is 7.88. The molecule has 1 aliphatic carbocycles. The Morgan fingerprint density at radius 1 is 1.31 bits per heavy atom. The van der Waals surface area contributed by atoms with Crippen molar-refractivity contribution in [2.24, 2.45) is 11.8 Å². The van der Waals surface area contributed by atoms with Gasteiger partial charge in [-0.3, -0.25) is 0 Å². The topological polar surface area (TPSA) is 35.0 Å². The molecule has 0 aromatic carbocycles. The number of hydrogen-bond donors (Lipinski definition) is 0. The number of nitrogens with zero attached hydrogens (tertiary/aromatic N) is 2. The van der Waals surface area contributed by atoms with Gasteiger partial charge in [0.1, 0.15) is 6.10 Å². The van der Waals surface area contributed by atoms with Gasteiger partial charge in [-0.15, -0.1) is 0 Å². The first kappa shape index (κ1) is 11.6. The number of halogens is 1. The molecule has 0 bridgehead atoms. The highest BCUT2D eigenvalue weighted by atomic mass is 35.5. The summed E-state index contributed by atoms with van der Waals surface area (Å²) in [7, 11) is 0. The van der Waals surface area contributed by atoms with Crippen LogP contribution < -0.4 is 4.74 Å². The van der Waals surface area contributed by atoms with Crippen LogP contribution in [0.2, 0.25) is 5.28 Å². The van der Waals surface area contributed by atoms with Crippen LogP contribution in [0.25, 0.3) is 0 Å². The van der Waals surface area contributed by atoms with Gasteiger partial charge in [-0.25, -0.2) is 4.98 Å². The predicted octanol–water partition coefficient (Wildman–Crippen LogP) is 3.33. The molecule has 0 N–H and O–H groups in total. The van der Waals surface area contributed by atoms with Crippen molar-refractivity contribution in [3.05, 3.63) is 17.5 Å². The van der Waals surface area contributed by atoms with Crippen LogP contribution in [0.5, 0.6) is 5.88 Å². The molecule has 0 radical (unpaired) electrons. The van der Waals surface area contributed by atoms with Gasteiger partial charge >= 0.3 is 0 Å². The Hall–Kier alpha value is -0.830. The number of ether oxygens (including phenoxy) is 1. The minimum absolute atomic E-state index is 0.245. The Kier molecular flexibility index (Phi) is 3.64. The van der Waals surface area contributed by atoms with Gasteiger partial charge in [-0.05, 0) is 42.7 Å². The van der Waals surface area contributed by atoms with E-state index in [0.29, 0.717) is 5.88 Å². The number of aromatic nitrogens is 2. The van der Waals surface area contributed by atoms with Crippen LogP contribution in [0.3, 0.4) is 0 Å².